The third-order valence-electron chi connectivity index (χ3n) is 4.36. The first kappa shape index (κ1) is 18.0. The van der Waals surface area contributed by atoms with E-state index in [2.05, 4.69) is 15.2 Å². The van der Waals surface area contributed by atoms with E-state index in [1.807, 2.05) is 30.3 Å². The molecule has 144 valence electrons. The van der Waals surface area contributed by atoms with Crippen LogP contribution < -0.4 is 4.74 Å². The average molecular weight is 388 g/mol. The zero-order valence-corrected chi connectivity index (χ0v) is 14.5. The minimum absolute atomic E-state index is 0.111. The van der Waals surface area contributed by atoms with Gasteiger partial charge in [0.25, 0.3) is 5.91 Å². The summed E-state index contributed by atoms with van der Waals surface area (Å²) in [6, 6.07) is 12.8. The number of nitrogens with one attached hydrogen (secondary N) is 1. The van der Waals surface area contributed by atoms with Crippen LogP contribution in [0.25, 0.3) is 11.3 Å². The molecule has 1 aliphatic heterocycles. The van der Waals surface area contributed by atoms with Gasteiger partial charge < -0.3 is 9.64 Å². The van der Waals surface area contributed by atoms with E-state index in [0.717, 1.165) is 23.9 Å². The summed E-state index contributed by atoms with van der Waals surface area (Å²) in [4.78, 5) is 17.8. The van der Waals surface area contributed by atoms with Gasteiger partial charge in [0.05, 0.1) is 24.3 Å². The monoisotopic (exact) mass is 388 g/mol. The minimum atomic E-state index is -4.46. The molecule has 4 rings (SSSR count). The van der Waals surface area contributed by atoms with Crippen LogP contribution in [0.5, 0.6) is 5.88 Å². The van der Waals surface area contributed by atoms with Gasteiger partial charge in [0, 0.05) is 17.8 Å². The molecule has 0 radical (unpaired) electrons. The number of hydrogen-bond acceptors (Lipinski definition) is 4. The van der Waals surface area contributed by atoms with Crippen molar-refractivity contribution >= 4 is 5.91 Å². The molecule has 0 saturated carbocycles. The predicted molar refractivity (Wildman–Crippen MR) is 93.6 cm³/mol. The number of aromatic nitrogens is 3. The average Bonchev–Trinajstić information content (AvgIpc) is 3.14. The molecule has 0 unspecified atom stereocenters. The zero-order chi connectivity index (χ0) is 19.7. The molecule has 9 heteroatoms. The predicted octanol–water partition coefficient (Wildman–Crippen LogP) is 3.39. The summed E-state index contributed by atoms with van der Waals surface area (Å²) >= 11 is 0. The number of carbonyl (C=O) groups is 1. The fraction of sp³-hybridized carbons (Fsp3) is 0.211. The van der Waals surface area contributed by atoms with E-state index in [0.29, 0.717) is 11.4 Å². The summed E-state index contributed by atoms with van der Waals surface area (Å²) in [5.74, 6) is -0.355. The lowest BCUT2D eigenvalue weighted by molar-refractivity contribution is -0.137. The lowest BCUT2D eigenvalue weighted by Crippen LogP contribution is -2.56. The molecule has 28 heavy (non-hydrogen) atoms. The number of hydrogen-bond donors (Lipinski definition) is 1. The van der Waals surface area contributed by atoms with Crippen molar-refractivity contribution in [1.29, 1.82) is 0 Å². The van der Waals surface area contributed by atoms with Gasteiger partial charge in [0.15, 0.2) is 0 Å². The zero-order valence-electron chi connectivity index (χ0n) is 14.5. The van der Waals surface area contributed by atoms with Gasteiger partial charge in [0.1, 0.15) is 11.8 Å². The minimum Gasteiger partial charge on any atom is -0.471 e. The molecule has 1 fully saturated rings. The summed E-state index contributed by atoms with van der Waals surface area (Å²) in [6.45, 7) is 0.521. The maximum atomic E-state index is 12.7. The molecule has 0 spiro atoms. The molecular formula is C19H15F3N4O2. The Bertz CT molecular complexity index is 982. The fourth-order valence-corrected chi connectivity index (χ4v) is 2.86. The Balaban J connectivity index is 1.36. The Hall–Kier alpha value is -3.36. The van der Waals surface area contributed by atoms with E-state index in [1.165, 1.54) is 4.90 Å². The number of benzene rings is 1. The topological polar surface area (TPSA) is 71.1 Å². The van der Waals surface area contributed by atoms with Crippen LogP contribution in [-0.2, 0) is 6.18 Å². The van der Waals surface area contributed by atoms with Gasteiger partial charge in [-0.2, -0.15) is 18.3 Å². The highest BCUT2D eigenvalue weighted by atomic mass is 19.4. The first-order valence-electron chi connectivity index (χ1n) is 8.50. The summed E-state index contributed by atoms with van der Waals surface area (Å²) < 4.78 is 43.7. The SMILES string of the molecule is O=C(c1cc(-c2ccccc2)n[nH]1)N1CC(Oc2cc(C(F)(F)F)ccn2)C1. The van der Waals surface area contributed by atoms with Crippen LogP contribution in [0.15, 0.2) is 54.7 Å². The Labute approximate surface area is 158 Å². The number of halogens is 3. The summed E-state index contributed by atoms with van der Waals surface area (Å²) in [6.07, 6.45) is -3.81. The lowest BCUT2D eigenvalue weighted by atomic mass is 10.1. The Morgan fingerprint density at radius 3 is 2.61 bits per heavy atom. The van der Waals surface area contributed by atoms with Gasteiger partial charge in [-0.1, -0.05) is 30.3 Å². The summed E-state index contributed by atoms with van der Waals surface area (Å²) in [5.41, 5.74) is 1.06. The van der Waals surface area contributed by atoms with Gasteiger partial charge in [-0.25, -0.2) is 4.98 Å². The van der Waals surface area contributed by atoms with Gasteiger partial charge >= 0.3 is 6.18 Å². The van der Waals surface area contributed by atoms with Crippen molar-refractivity contribution in [2.75, 3.05) is 13.1 Å². The van der Waals surface area contributed by atoms with Crippen molar-refractivity contribution in [1.82, 2.24) is 20.1 Å². The molecule has 3 aromatic rings. The molecule has 1 amide bonds. The van der Waals surface area contributed by atoms with Gasteiger partial charge in [-0.05, 0) is 12.1 Å². The van der Waals surface area contributed by atoms with Crippen molar-refractivity contribution in [2.45, 2.75) is 12.3 Å². The third-order valence-corrected chi connectivity index (χ3v) is 4.36. The van der Waals surface area contributed by atoms with Crippen molar-refractivity contribution in [2.24, 2.45) is 0 Å². The number of carbonyl (C=O) groups excluding carboxylic acids is 1. The van der Waals surface area contributed by atoms with Crippen molar-refractivity contribution in [3.05, 3.63) is 66.0 Å². The quantitative estimate of drug-likeness (QED) is 0.744. The van der Waals surface area contributed by atoms with Crippen LogP contribution in [0, 0.1) is 0 Å². The van der Waals surface area contributed by atoms with Crippen molar-refractivity contribution < 1.29 is 22.7 Å². The van der Waals surface area contributed by atoms with E-state index in [-0.39, 0.29) is 24.9 Å². The van der Waals surface area contributed by atoms with Gasteiger partial charge in [0.2, 0.25) is 5.88 Å². The number of alkyl halides is 3. The smallest absolute Gasteiger partial charge is 0.416 e. The van der Waals surface area contributed by atoms with Crippen LogP contribution in [0.3, 0.4) is 0 Å². The molecule has 0 aliphatic carbocycles. The normalized spacial score (nSPS) is 14.6. The van der Waals surface area contributed by atoms with E-state index < -0.39 is 17.8 Å². The second-order valence-corrected chi connectivity index (χ2v) is 6.36. The lowest BCUT2D eigenvalue weighted by Gasteiger charge is -2.38. The van der Waals surface area contributed by atoms with Crippen molar-refractivity contribution in [3.63, 3.8) is 0 Å². The molecular weight excluding hydrogens is 373 g/mol. The number of rotatable bonds is 4. The number of pyridine rings is 1. The van der Waals surface area contributed by atoms with Crippen LogP contribution >= 0.6 is 0 Å². The molecule has 6 nitrogen and oxygen atoms in total. The van der Waals surface area contributed by atoms with Crippen LogP contribution in [0.1, 0.15) is 16.1 Å². The van der Waals surface area contributed by atoms with Crippen LogP contribution in [-0.4, -0.2) is 45.2 Å². The van der Waals surface area contributed by atoms with E-state index in [9.17, 15) is 18.0 Å². The molecule has 1 aromatic carbocycles. The van der Waals surface area contributed by atoms with Gasteiger partial charge in [-0.3, -0.25) is 9.89 Å². The first-order chi connectivity index (χ1) is 13.4. The first-order valence-corrected chi connectivity index (χ1v) is 8.50. The largest absolute Gasteiger partial charge is 0.471 e. The fourth-order valence-electron chi connectivity index (χ4n) is 2.86. The molecule has 1 saturated heterocycles. The number of ether oxygens (including phenoxy) is 1. The summed E-state index contributed by atoms with van der Waals surface area (Å²) in [5, 5.41) is 6.87. The van der Waals surface area contributed by atoms with E-state index in [4.69, 9.17) is 4.74 Å². The number of H-pyrrole nitrogens is 1. The van der Waals surface area contributed by atoms with Crippen molar-refractivity contribution in [3.8, 4) is 17.1 Å². The third kappa shape index (κ3) is 3.68. The Morgan fingerprint density at radius 1 is 1.14 bits per heavy atom. The standard InChI is InChI=1S/C19H15F3N4O2/c20-19(21,22)13-6-7-23-17(8-13)28-14-10-26(11-14)18(27)16-9-15(24-25-16)12-4-2-1-3-5-12/h1-9,14H,10-11H2,(H,24,25). The number of likely N-dealkylation sites (tertiary alicyclic amines) is 1. The molecule has 0 bridgehead atoms. The number of nitrogens with zero attached hydrogens (tertiary/aromatic N) is 3. The molecule has 2 aromatic heterocycles. The van der Waals surface area contributed by atoms with Gasteiger partial charge in [-0.15, -0.1) is 0 Å². The number of aromatic amines is 1. The highest BCUT2D eigenvalue weighted by Crippen LogP contribution is 2.31. The summed E-state index contributed by atoms with van der Waals surface area (Å²) in [7, 11) is 0. The number of amides is 1. The maximum absolute atomic E-state index is 12.7. The molecule has 1 N–H and O–H groups in total. The molecule has 1 aliphatic rings. The highest BCUT2D eigenvalue weighted by Gasteiger charge is 2.35. The van der Waals surface area contributed by atoms with E-state index in [1.54, 1.807) is 6.07 Å². The second kappa shape index (κ2) is 6.99. The second-order valence-electron chi connectivity index (χ2n) is 6.36. The highest BCUT2D eigenvalue weighted by molar-refractivity contribution is 5.94. The van der Waals surface area contributed by atoms with Crippen LogP contribution in [0.2, 0.25) is 0 Å². The molecule has 3 heterocycles. The Morgan fingerprint density at radius 2 is 1.89 bits per heavy atom. The molecule has 0 atom stereocenters. The Kier molecular flexibility index (Phi) is 4.50. The maximum Gasteiger partial charge on any atom is 0.416 e. The van der Waals surface area contributed by atoms with E-state index >= 15 is 0 Å². The van der Waals surface area contributed by atoms with Crippen LogP contribution in [0.4, 0.5) is 13.2 Å².